The number of pyridine rings is 1. The number of aryl methyl sites for hydroxylation is 1. The molecule has 88 valence electrons. The predicted molar refractivity (Wildman–Crippen MR) is 73.3 cm³/mol. The van der Waals surface area contributed by atoms with Crippen LogP contribution in [-0.2, 0) is 0 Å². The Bertz CT molecular complexity index is 525. The fourth-order valence-corrected chi connectivity index (χ4v) is 1.83. The third-order valence-electron chi connectivity index (χ3n) is 2.49. The molecule has 3 heteroatoms. The van der Waals surface area contributed by atoms with E-state index in [9.17, 15) is 0 Å². The summed E-state index contributed by atoms with van der Waals surface area (Å²) in [5, 5.41) is 0. The van der Waals surface area contributed by atoms with Crippen molar-refractivity contribution in [1.82, 2.24) is 4.98 Å². The van der Waals surface area contributed by atoms with Crippen LogP contribution in [0.3, 0.4) is 0 Å². The maximum absolute atomic E-state index is 5.48. The number of hydrogen-bond acceptors (Lipinski definition) is 2. The Kier molecular flexibility index (Phi) is 3.79. The summed E-state index contributed by atoms with van der Waals surface area (Å²) >= 11 is 3.45. The zero-order valence-electron chi connectivity index (χ0n) is 9.90. The molecule has 0 saturated carbocycles. The highest BCUT2D eigenvalue weighted by atomic mass is 79.9. The van der Waals surface area contributed by atoms with Crippen molar-refractivity contribution in [2.75, 3.05) is 6.61 Å². The molecule has 1 aromatic carbocycles. The number of ether oxygens (including phenoxy) is 1. The molecule has 0 spiro atoms. The van der Waals surface area contributed by atoms with E-state index in [4.69, 9.17) is 4.74 Å². The topological polar surface area (TPSA) is 22.1 Å². The van der Waals surface area contributed by atoms with E-state index < -0.39 is 0 Å². The van der Waals surface area contributed by atoms with E-state index in [1.54, 1.807) is 0 Å². The van der Waals surface area contributed by atoms with E-state index >= 15 is 0 Å². The number of halogens is 1. The Morgan fingerprint density at radius 2 is 2.12 bits per heavy atom. The Morgan fingerprint density at radius 1 is 1.29 bits per heavy atom. The molecule has 2 aromatic rings. The molecule has 0 unspecified atom stereocenters. The first-order valence-corrected chi connectivity index (χ1v) is 6.35. The molecular weight excluding hydrogens is 278 g/mol. The van der Waals surface area contributed by atoms with E-state index in [2.05, 4.69) is 33.9 Å². The number of aromatic nitrogens is 1. The highest BCUT2D eigenvalue weighted by molar-refractivity contribution is 9.10. The van der Waals surface area contributed by atoms with Gasteiger partial charge in [0.1, 0.15) is 5.75 Å². The van der Waals surface area contributed by atoms with E-state index in [0.29, 0.717) is 6.61 Å². The standard InChI is InChI=1S/C14H14BrNO/c1-3-17-12-6-4-5-11(8-12)14-7-10(2)13(15)9-16-14/h4-9H,3H2,1-2H3. The molecule has 0 atom stereocenters. The number of nitrogens with zero attached hydrogens (tertiary/aromatic N) is 1. The normalized spacial score (nSPS) is 10.3. The first-order valence-electron chi connectivity index (χ1n) is 5.56. The minimum atomic E-state index is 0.677. The average Bonchev–Trinajstić information content (AvgIpc) is 2.33. The van der Waals surface area contributed by atoms with Crippen LogP contribution < -0.4 is 4.74 Å². The molecule has 0 radical (unpaired) electrons. The number of hydrogen-bond donors (Lipinski definition) is 0. The maximum Gasteiger partial charge on any atom is 0.119 e. The molecule has 0 aliphatic carbocycles. The van der Waals surface area contributed by atoms with Crippen molar-refractivity contribution in [2.45, 2.75) is 13.8 Å². The summed E-state index contributed by atoms with van der Waals surface area (Å²) in [6.45, 7) is 4.71. The van der Waals surface area contributed by atoms with Crippen LogP contribution in [0.25, 0.3) is 11.3 Å². The molecule has 0 amide bonds. The SMILES string of the molecule is CCOc1cccc(-c2cc(C)c(Br)cn2)c1. The average molecular weight is 292 g/mol. The van der Waals surface area contributed by atoms with Gasteiger partial charge in [0.25, 0.3) is 0 Å². The fraction of sp³-hybridized carbons (Fsp3) is 0.214. The molecule has 0 aliphatic heterocycles. The van der Waals surface area contributed by atoms with Crippen LogP contribution in [0.4, 0.5) is 0 Å². The van der Waals surface area contributed by atoms with Crippen LogP contribution in [-0.4, -0.2) is 11.6 Å². The largest absolute Gasteiger partial charge is 0.494 e. The second-order valence-electron chi connectivity index (χ2n) is 3.78. The van der Waals surface area contributed by atoms with Crippen molar-refractivity contribution in [2.24, 2.45) is 0 Å². The molecule has 2 rings (SSSR count). The van der Waals surface area contributed by atoms with Crippen LogP contribution >= 0.6 is 15.9 Å². The minimum absolute atomic E-state index is 0.677. The zero-order valence-corrected chi connectivity index (χ0v) is 11.5. The number of rotatable bonds is 3. The lowest BCUT2D eigenvalue weighted by atomic mass is 10.1. The fourth-order valence-electron chi connectivity index (χ4n) is 1.61. The second kappa shape index (κ2) is 5.32. The molecule has 0 saturated heterocycles. The van der Waals surface area contributed by atoms with Crippen molar-refractivity contribution in [3.8, 4) is 17.0 Å². The minimum Gasteiger partial charge on any atom is -0.494 e. The van der Waals surface area contributed by atoms with Crippen LogP contribution in [0.2, 0.25) is 0 Å². The summed E-state index contributed by atoms with van der Waals surface area (Å²) in [6, 6.07) is 10.1. The van der Waals surface area contributed by atoms with Crippen molar-refractivity contribution >= 4 is 15.9 Å². The van der Waals surface area contributed by atoms with Gasteiger partial charge in [0.15, 0.2) is 0 Å². The lowest BCUT2D eigenvalue weighted by Crippen LogP contribution is -1.92. The molecule has 17 heavy (non-hydrogen) atoms. The van der Waals surface area contributed by atoms with E-state index in [1.165, 1.54) is 5.56 Å². The smallest absolute Gasteiger partial charge is 0.119 e. The third-order valence-corrected chi connectivity index (χ3v) is 3.32. The molecule has 0 aliphatic rings. The summed E-state index contributed by atoms with van der Waals surface area (Å²) in [4.78, 5) is 4.41. The monoisotopic (exact) mass is 291 g/mol. The highest BCUT2D eigenvalue weighted by Crippen LogP contribution is 2.25. The summed E-state index contributed by atoms with van der Waals surface area (Å²) in [7, 11) is 0. The lowest BCUT2D eigenvalue weighted by Gasteiger charge is -2.07. The van der Waals surface area contributed by atoms with Gasteiger partial charge in [-0.2, -0.15) is 0 Å². The van der Waals surface area contributed by atoms with E-state index in [0.717, 1.165) is 21.5 Å². The summed E-state index contributed by atoms with van der Waals surface area (Å²) in [5.41, 5.74) is 3.22. The van der Waals surface area contributed by atoms with Gasteiger partial charge >= 0.3 is 0 Å². The van der Waals surface area contributed by atoms with Gasteiger partial charge in [0.05, 0.1) is 12.3 Å². The summed E-state index contributed by atoms with van der Waals surface area (Å²) < 4.78 is 6.51. The van der Waals surface area contributed by atoms with E-state index in [-0.39, 0.29) is 0 Å². The van der Waals surface area contributed by atoms with Gasteiger partial charge in [-0.25, -0.2) is 0 Å². The van der Waals surface area contributed by atoms with Crippen LogP contribution in [0.1, 0.15) is 12.5 Å². The van der Waals surface area contributed by atoms with Gasteiger partial charge in [-0.3, -0.25) is 4.98 Å². The zero-order chi connectivity index (χ0) is 12.3. The number of benzene rings is 1. The molecular formula is C14H14BrNO. The van der Waals surface area contributed by atoms with Crippen molar-refractivity contribution in [1.29, 1.82) is 0 Å². The quantitative estimate of drug-likeness (QED) is 0.845. The van der Waals surface area contributed by atoms with Gasteiger partial charge in [-0.05, 0) is 53.5 Å². The highest BCUT2D eigenvalue weighted by Gasteiger charge is 2.03. The Labute approximate surface area is 110 Å². The van der Waals surface area contributed by atoms with E-state index in [1.807, 2.05) is 37.4 Å². The van der Waals surface area contributed by atoms with Gasteiger partial charge in [0.2, 0.25) is 0 Å². The van der Waals surface area contributed by atoms with Crippen molar-refractivity contribution < 1.29 is 4.74 Å². The third kappa shape index (κ3) is 2.86. The van der Waals surface area contributed by atoms with Crippen LogP contribution in [0.15, 0.2) is 41.0 Å². The predicted octanol–water partition coefficient (Wildman–Crippen LogP) is 4.22. The van der Waals surface area contributed by atoms with Crippen molar-refractivity contribution in [3.05, 3.63) is 46.6 Å². The van der Waals surface area contributed by atoms with Gasteiger partial charge in [0, 0.05) is 16.2 Å². The van der Waals surface area contributed by atoms with Crippen molar-refractivity contribution in [3.63, 3.8) is 0 Å². The molecule has 1 heterocycles. The maximum atomic E-state index is 5.48. The van der Waals surface area contributed by atoms with Gasteiger partial charge in [-0.15, -0.1) is 0 Å². The summed E-state index contributed by atoms with van der Waals surface area (Å²) in [6.07, 6.45) is 1.83. The Hall–Kier alpha value is -1.35. The lowest BCUT2D eigenvalue weighted by molar-refractivity contribution is 0.340. The Morgan fingerprint density at radius 3 is 2.82 bits per heavy atom. The summed E-state index contributed by atoms with van der Waals surface area (Å²) in [5.74, 6) is 0.882. The van der Waals surface area contributed by atoms with Crippen LogP contribution in [0, 0.1) is 6.92 Å². The second-order valence-corrected chi connectivity index (χ2v) is 4.63. The van der Waals surface area contributed by atoms with Gasteiger partial charge in [-0.1, -0.05) is 12.1 Å². The molecule has 0 fully saturated rings. The van der Waals surface area contributed by atoms with Crippen LogP contribution in [0.5, 0.6) is 5.75 Å². The van der Waals surface area contributed by atoms with Gasteiger partial charge < -0.3 is 4.74 Å². The first kappa shape index (κ1) is 12.1. The molecule has 0 N–H and O–H groups in total. The Balaban J connectivity index is 2.38. The first-order chi connectivity index (χ1) is 8.20. The molecule has 1 aromatic heterocycles. The molecule has 0 bridgehead atoms. The molecule has 2 nitrogen and oxygen atoms in total.